The Morgan fingerprint density at radius 3 is 1.92 bits per heavy atom. The molecule has 8 heteroatoms. The molecule has 0 aliphatic heterocycles. The van der Waals surface area contributed by atoms with Crippen molar-refractivity contribution in [1.82, 2.24) is 9.97 Å². The molecule has 0 saturated heterocycles. The number of hydrogen-bond donors (Lipinski definition) is 1. The SMILES string of the molecule is COC(C)(C)c1nc(C=O)cs1.COC(C)(C)c1nc(CO)cs1. The number of aliphatic hydroxyl groups excluding tert-OH is 1. The molecule has 0 aliphatic rings. The van der Waals surface area contributed by atoms with E-state index < -0.39 is 5.60 Å². The van der Waals surface area contributed by atoms with Crippen molar-refractivity contribution >= 4 is 29.0 Å². The molecule has 0 saturated carbocycles. The van der Waals surface area contributed by atoms with Gasteiger partial charge in [0.2, 0.25) is 0 Å². The predicted octanol–water partition coefficient (Wildman–Crippen LogP) is 3.35. The lowest BCUT2D eigenvalue weighted by molar-refractivity contribution is 0.0186. The second-order valence-electron chi connectivity index (χ2n) is 5.93. The van der Waals surface area contributed by atoms with E-state index in [0.29, 0.717) is 11.4 Å². The minimum Gasteiger partial charge on any atom is -0.390 e. The lowest BCUT2D eigenvalue weighted by atomic mass is 10.1. The Kier molecular flexibility index (Phi) is 7.62. The van der Waals surface area contributed by atoms with Crippen LogP contribution in [0, 0.1) is 0 Å². The van der Waals surface area contributed by atoms with Gasteiger partial charge in [-0.25, -0.2) is 9.97 Å². The average Bonchev–Trinajstić information content (AvgIpc) is 3.24. The first-order valence-electron chi connectivity index (χ1n) is 7.27. The van der Waals surface area contributed by atoms with Gasteiger partial charge < -0.3 is 14.6 Å². The second kappa shape index (κ2) is 8.77. The molecule has 2 rings (SSSR count). The average molecular weight is 373 g/mol. The lowest BCUT2D eigenvalue weighted by Gasteiger charge is -2.19. The zero-order valence-electron chi connectivity index (χ0n) is 14.8. The number of methoxy groups -OCH3 is 2. The Balaban J connectivity index is 0.000000240. The Bertz CT molecular complexity index is 650. The second-order valence-corrected chi connectivity index (χ2v) is 7.64. The minimum absolute atomic E-state index is 0.00368. The van der Waals surface area contributed by atoms with E-state index in [9.17, 15) is 4.79 Å². The quantitative estimate of drug-likeness (QED) is 0.783. The number of thiazole rings is 2. The summed E-state index contributed by atoms with van der Waals surface area (Å²) in [5.74, 6) is 0. The highest BCUT2D eigenvalue weighted by atomic mass is 32.1. The van der Waals surface area contributed by atoms with Gasteiger partial charge in [0.1, 0.15) is 26.9 Å². The summed E-state index contributed by atoms with van der Waals surface area (Å²) >= 11 is 2.95. The maximum absolute atomic E-state index is 10.3. The van der Waals surface area contributed by atoms with Crippen LogP contribution in [0.4, 0.5) is 0 Å². The molecule has 2 aromatic heterocycles. The van der Waals surface area contributed by atoms with E-state index in [4.69, 9.17) is 14.6 Å². The first-order valence-corrected chi connectivity index (χ1v) is 9.03. The van der Waals surface area contributed by atoms with Crippen LogP contribution in [-0.2, 0) is 27.3 Å². The topological polar surface area (TPSA) is 81.5 Å². The number of nitrogens with zero attached hydrogens (tertiary/aromatic N) is 2. The molecule has 1 N–H and O–H groups in total. The normalized spacial score (nSPS) is 11.8. The lowest BCUT2D eigenvalue weighted by Crippen LogP contribution is -2.19. The molecule has 0 bridgehead atoms. The number of hydrogen-bond acceptors (Lipinski definition) is 8. The number of ether oxygens (including phenoxy) is 2. The van der Waals surface area contributed by atoms with E-state index in [1.807, 2.05) is 33.1 Å². The fraction of sp³-hybridized carbons (Fsp3) is 0.562. The molecule has 134 valence electrons. The summed E-state index contributed by atoms with van der Waals surface area (Å²) in [4.78, 5) is 18.6. The van der Waals surface area contributed by atoms with Crippen LogP contribution in [-0.4, -0.2) is 35.6 Å². The van der Waals surface area contributed by atoms with Crippen LogP contribution in [0.2, 0.25) is 0 Å². The van der Waals surface area contributed by atoms with Crippen molar-refractivity contribution in [1.29, 1.82) is 0 Å². The number of aromatic nitrogens is 2. The summed E-state index contributed by atoms with van der Waals surface area (Å²) < 4.78 is 10.5. The molecular weight excluding hydrogens is 348 g/mol. The fourth-order valence-electron chi connectivity index (χ4n) is 1.45. The summed E-state index contributed by atoms with van der Waals surface area (Å²) in [5, 5.41) is 14.1. The maximum Gasteiger partial charge on any atom is 0.169 e. The molecule has 0 radical (unpaired) electrons. The van der Waals surface area contributed by atoms with Crippen molar-refractivity contribution in [3.05, 3.63) is 32.2 Å². The first-order chi connectivity index (χ1) is 11.2. The first kappa shape index (κ1) is 20.9. The summed E-state index contributed by atoms with van der Waals surface area (Å²) in [5.41, 5.74) is 0.435. The van der Waals surface area contributed by atoms with Crippen molar-refractivity contribution in [3.8, 4) is 0 Å². The van der Waals surface area contributed by atoms with Gasteiger partial charge in [0, 0.05) is 25.0 Å². The zero-order valence-corrected chi connectivity index (χ0v) is 16.5. The number of carbonyl (C=O) groups excluding carboxylic acids is 1. The van der Waals surface area contributed by atoms with Crippen LogP contribution in [0.5, 0.6) is 0 Å². The third-order valence-corrected chi connectivity index (χ3v) is 5.77. The highest BCUT2D eigenvalue weighted by molar-refractivity contribution is 7.10. The molecule has 0 amide bonds. The summed E-state index contributed by atoms with van der Waals surface area (Å²) in [6.45, 7) is 7.73. The molecular formula is C16H24N2O4S2. The molecule has 2 heterocycles. The Morgan fingerprint density at radius 1 is 1.04 bits per heavy atom. The van der Waals surface area contributed by atoms with Crippen molar-refractivity contribution in [2.24, 2.45) is 0 Å². The highest BCUT2D eigenvalue weighted by Crippen LogP contribution is 2.27. The van der Waals surface area contributed by atoms with E-state index >= 15 is 0 Å². The van der Waals surface area contributed by atoms with Crippen LogP contribution in [0.15, 0.2) is 10.8 Å². The van der Waals surface area contributed by atoms with Crippen LogP contribution in [0.1, 0.15) is 53.9 Å². The molecule has 0 atom stereocenters. The third kappa shape index (κ3) is 5.42. The Morgan fingerprint density at radius 2 is 1.54 bits per heavy atom. The van der Waals surface area contributed by atoms with Crippen molar-refractivity contribution in [2.75, 3.05) is 14.2 Å². The molecule has 0 fully saturated rings. The zero-order chi connectivity index (χ0) is 18.4. The number of aldehydes is 1. The highest BCUT2D eigenvalue weighted by Gasteiger charge is 2.23. The molecule has 0 unspecified atom stereocenters. The molecule has 0 aliphatic carbocycles. The number of aliphatic hydroxyl groups is 1. The van der Waals surface area contributed by atoms with Crippen molar-refractivity contribution in [3.63, 3.8) is 0 Å². The third-order valence-electron chi connectivity index (χ3n) is 3.41. The van der Waals surface area contributed by atoms with Gasteiger partial charge in [-0.05, 0) is 27.7 Å². The van der Waals surface area contributed by atoms with Crippen LogP contribution < -0.4 is 0 Å². The van der Waals surface area contributed by atoms with Crippen LogP contribution in [0.25, 0.3) is 0 Å². The van der Waals surface area contributed by atoms with Crippen LogP contribution >= 0.6 is 22.7 Å². The van der Waals surface area contributed by atoms with E-state index in [-0.39, 0.29) is 12.2 Å². The van der Waals surface area contributed by atoms with Gasteiger partial charge in [-0.1, -0.05) is 0 Å². The summed E-state index contributed by atoms with van der Waals surface area (Å²) in [6.07, 6.45) is 0.742. The van der Waals surface area contributed by atoms with E-state index in [2.05, 4.69) is 9.97 Å². The van der Waals surface area contributed by atoms with E-state index in [1.165, 1.54) is 22.7 Å². The van der Waals surface area contributed by atoms with Gasteiger partial charge in [-0.15, -0.1) is 22.7 Å². The summed E-state index contributed by atoms with van der Waals surface area (Å²) in [6, 6.07) is 0. The van der Waals surface area contributed by atoms with E-state index in [0.717, 1.165) is 16.3 Å². The van der Waals surface area contributed by atoms with Gasteiger partial charge in [-0.2, -0.15) is 0 Å². The predicted molar refractivity (Wildman–Crippen MR) is 95.6 cm³/mol. The Hall–Kier alpha value is -1.19. The Labute approximate surface area is 150 Å². The largest absolute Gasteiger partial charge is 0.390 e. The monoisotopic (exact) mass is 372 g/mol. The smallest absolute Gasteiger partial charge is 0.169 e. The van der Waals surface area contributed by atoms with E-state index in [1.54, 1.807) is 19.6 Å². The minimum atomic E-state index is -0.397. The van der Waals surface area contributed by atoms with Crippen molar-refractivity contribution in [2.45, 2.75) is 45.5 Å². The van der Waals surface area contributed by atoms with Gasteiger partial charge in [-0.3, -0.25) is 4.79 Å². The van der Waals surface area contributed by atoms with Crippen LogP contribution in [0.3, 0.4) is 0 Å². The number of rotatable bonds is 6. The maximum atomic E-state index is 10.3. The molecule has 0 aromatic carbocycles. The molecule has 2 aromatic rings. The van der Waals surface area contributed by atoms with Crippen molar-refractivity contribution < 1.29 is 19.4 Å². The standard InChI is InChI=1S/C8H13NO2S.C8H11NO2S/c2*1-8(2,11-3)7-9-6(4-10)5-12-7/h5,10H,4H2,1-3H3;4-5H,1-3H3. The molecule has 6 nitrogen and oxygen atoms in total. The van der Waals surface area contributed by atoms with Gasteiger partial charge in [0.05, 0.1) is 12.3 Å². The van der Waals surface area contributed by atoms with Gasteiger partial charge >= 0.3 is 0 Å². The van der Waals surface area contributed by atoms with Gasteiger partial charge in [0.25, 0.3) is 0 Å². The fourth-order valence-corrected chi connectivity index (χ4v) is 3.23. The molecule has 0 spiro atoms. The number of carbonyl (C=O) groups is 1. The summed E-state index contributed by atoms with van der Waals surface area (Å²) in [7, 11) is 3.28. The van der Waals surface area contributed by atoms with Gasteiger partial charge in [0.15, 0.2) is 6.29 Å². The molecule has 24 heavy (non-hydrogen) atoms.